The fourth-order valence-corrected chi connectivity index (χ4v) is 4.23. The Bertz CT molecular complexity index is 707. The van der Waals surface area contributed by atoms with Crippen LogP contribution in [0.3, 0.4) is 0 Å². The van der Waals surface area contributed by atoms with E-state index in [0.717, 1.165) is 42.3 Å². The van der Waals surface area contributed by atoms with Crippen LogP contribution in [0.25, 0.3) is 0 Å². The molecule has 0 N–H and O–H groups in total. The fraction of sp³-hybridized carbons (Fsp3) is 0.529. The average Bonchev–Trinajstić information content (AvgIpc) is 3.36. The predicted octanol–water partition coefficient (Wildman–Crippen LogP) is 2.52. The molecule has 1 aliphatic heterocycles. The zero-order chi connectivity index (χ0) is 16.5. The second kappa shape index (κ2) is 6.47. The standard InChI is InChI=1S/C17H21N5OS/c1-12-16(24-11-20-12)17(23)21-8-5-14(6-9-21)22(13-2-3-13)15-4-7-18-10-19-15/h4,7,10-11,13-14H,2-3,5-6,8-9H2,1H3. The molecule has 0 unspecified atom stereocenters. The summed E-state index contributed by atoms with van der Waals surface area (Å²) in [5.74, 6) is 1.16. The van der Waals surface area contributed by atoms with E-state index in [1.54, 1.807) is 11.8 Å². The fourth-order valence-electron chi connectivity index (χ4n) is 3.46. The van der Waals surface area contributed by atoms with E-state index in [1.165, 1.54) is 24.2 Å². The topological polar surface area (TPSA) is 62.2 Å². The van der Waals surface area contributed by atoms with E-state index in [9.17, 15) is 4.79 Å². The average molecular weight is 343 g/mol. The number of amides is 1. The normalized spacial score (nSPS) is 18.6. The molecular weight excluding hydrogens is 322 g/mol. The van der Waals surface area contributed by atoms with E-state index < -0.39 is 0 Å². The van der Waals surface area contributed by atoms with Crippen LogP contribution in [0.2, 0.25) is 0 Å². The first-order chi connectivity index (χ1) is 11.7. The van der Waals surface area contributed by atoms with Gasteiger partial charge in [0.05, 0.1) is 11.2 Å². The highest BCUT2D eigenvalue weighted by Crippen LogP contribution is 2.35. The number of piperidine rings is 1. The van der Waals surface area contributed by atoms with Crippen molar-refractivity contribution >= 4 is 23.1 Å². The van der Waals surface area contributed by atoms with Crippen LogP contribution in [-0.2, 0) is 0 Å². The van der Waals surface area contributed by atoms with E-state index in [4.69, 9.17) is 0 Å². The van der Waals surface area contributed by atoms with Gasteiger partial charge >= 0.3 is 0 Å². The number of anilines is 1. The third-order valence-corrected chi connectivity index (χ3v) is 5.77. The minimum atomic E-state index is 0.133. The SMILES string of the molecule is Cc1ncsc1C(=O)N1CCC(N(c2ccncn2)C2CC2)CC1. The second-order valence-corrected chi connectivity index (χ2v) is 7.35. The molecule has 3 heterocycles. The van der Waals surface area contributed by atoms with Gasteiger partial charge in [-0.2, -0.15) is 0 Å². The minimum absolute atomic E-state index is 0.133. The summed E-state index contributed by atoms with van der Waals surface area (Å²) in [7, 11) is 0. The molecule has 1 aliphatic carbocycles. The van der Waals surface area contributed by atoms with E-state index >= 15 is 0 Å². The van der Waals surface area contributed by atoms with Gasteiger partial charge in [0.2, 0.25) is 0 Å². The molecule has 1 amide bonds. The van der Waals surface area contributed by atoms with Crippen LogP contribution >= 0.6 is 11.3 Å². The van der Waals surface area contributed by atoms with Gasteiger partial charge in [0, 0.05) is 31.4 Å². The van der Waals surface area contributed by atoms with Crippen LogP contribution < -0.4 is 4.90 Å². The maximum atomic E-state index is 12.6. The number of aryl methyl sites for hydroxylation is 1. The first-order valence-electron chi connectivity index (χ1n) is 8.48. The van der Waals surface area contributed by atoms with Crippen molar-refractivity contribution in [2.75, 3.05) is 18.0 Å². The van der Waals surface area contributed by atoms with Crippen LogP contribution in [0.1, 0.15) is 41.0 Å². The molecule has 0 bridgehead atoms. The van der Waals surface area contributed by atoms with E-state index in [0.29, 0.717) is 12.1 Å². The first-order valence-corrected chi connectivity index (χ1v) is 9.35. The Labute approximate surface area is 145 Å². The lowest BCUT2D eigenvalue weighted by atomic mass is 10.0. The third-order valence-electron chi connectivity index (χ3n) is 4.86. The Kier molecular flexibility index (Phi) is 4.18. The summed E-state index contributed by atoms with van der Waals surface area (Å²) >= 11 is 1.44. The highest BCUT2D eigenvalue weighted by molar-refractivity contribution is 7.11. The molecule has 2 aromatic rings. The van der Waals surface area contributed by atoms with Crippen molar-refractivity contribution in [1.82, 2.24) is 19.9 Å². The van der Waals surface area contributed by atoms with Crippen LogP contribution in [0.15, 0.2) is 24.1 Å². The number of likely N-dealkylation sites (tertiary alicyclic amines) is 1. The Morgan fingerprint density at radius 2 is 1.96 bits per heavy atom. The highest BCUT2D eigenvalue weighted by Gasteiger charge is 2.37. The number of carbonyl (C=O) groups excluding carboxylic acids is 1. The maximum Gasteiger partial charge on any atom is 0.265 e. The molecule has 0 spiro atoms. The summed E-state index contributed by atoms with van der Waals surface area (Å²) < 4.78 is 0. The molecule has 1 saturated carbocycles. The van der Waals surface area contributed by atoms with Gasteiger partial charge in [0.1, 0.15) is 17.0 Å². The smallest absolute Gasteiger partial charge is 0.265 e. The molecule has 24 heavy (non-hydrogen) atoms. The first kappa shape index (κ1) is 15.5. The maximum absolute atomic E-state index is 12.6. The van der Waals surface area contributed by atoms with Crippen molar-refractivity contribution in [1.29, 1.82) is 0 Å². The Morgan fingerprint density at radius 1 is 1.21 bits per heavy atom. The van der Waals surface area contributed by atoms with Gasteiger partial charge in [-0.15, -0.1) is 11.3 Å². The molecular formula is C17H21N5OS. The van der Waals surface area contributed by atoms with Gasteiger partial charge < -0.3 is 9.80 Å². The molecule has 4 rings (SSSR count). The van der Waals surface area contributed by atoms with E-state index in [1.807, 2.05) is 24.1 Å². The summed E-state index contributed by atoms with van der Waals surface area (Å²) in [4.78, 5) is 30.5. The van der Waals surface area contributed by atoms with Crippen LogP contribution in [0, 0.1) is 6.92 Å². The Hall–Kier alpha value is -2.02. The number of aromatic nitrogens is 3. The van der Waals surface area contributed by atoms with Gasteiger partial charge in [0.15, 0.2) is 0 Å². The lowest BCUT2D eigenvalue weighted by molar-refractivity contribution is 0.0716. The van der Waals surface area contributed by atoms with Crippen LogP contribution in [-0.4, -0.2) is 50.9 Å². The zero-order valence-electron chi connectivity index (χ0n) is 13.8. The largest absolute Gasteiger partial charge is 0.350 e. The number of carbonyl (C=O) groups is 1. The van der Waals surface area contributed by atoms with Gasteiger partial charge in [0.25, 0.3) is 5.91 Å². The Balaban J connectivity index is 1.44. The lowest BCUT2D eigenvalue weighted by Crippen LogP contribution is -2.48. The summed E-state index contributed by atoms with van der Waals surface area (Å²) in [6.45, 7) is 3.50. The molecule has 6 nitrogen and oxygen atoms in total. The number of hydrogen-bond donors (Lipinski definition) is 0. The molecule has 2 aliphatic rings. The van der Waals surface area contributed by atoms with Gasteiger partial charge in [-0.05, 0) is 38.7 Å². The second-order valence-electron chi connectivity index (χ2n) is 6.50. The van der Waals surface area contributed by atoms with Gasteiger partial charge in [-0.1, -0.05) is 0 Å². The Morgan fingerprint density at radius 3 is 2.54 bits per heavy atom. The molecule has 7 heteroatoms. The molecule has 1 saturated heterocycles. The van der Waals surface area contributed by atoms with Crippen molar-refractivity contribution in [3.8, 4) is 0 Å². The van der Waals surface area contributed by atoms with E-state index in [2.05, 4.69) is 19.9 Å². The van der Waals surface area contributed by atoms with Gasteiger partial charge in [-0.25, -0.2) is 15.0 Å². The number of hydrogen-bond acceptors (Lipinski definition) is 6. The zero-order valence-corrected chi connectivity index (χ0v) is 14.6. The molecule has 126 valence electrons. The van der Waals surface area contributed by atoms with Crippen molar-refractivity contribution < 1.29 is 4.79 Å². The van der Waals surface area contributed by atoms with Crippen LogP contribution in [0.5, 0.6) is 0 Å². The predicted molar refractivity (Wildman–Crippen MR) is 93.3 cm³/mol. The molecule has 2 fully saturated rings. The summed E-state index contributed by atoms with van der Waals surface area (Å²) in [5, 5.41) is 0. The molecule has 2 aromatic heterocycles. The highest BCUT2D eigenvalue weighted by atomic mass is 32.1. The lowest BCUT2D eigenvalue weighted by Gasteiger charge is -2.39. The molecule has 0 aromatic carbocycles. The number of nitrogens with zero attached hydrogens (tertiary/aromatic N) is 5. The number of rotatable bonds is 4. The van der Waals surface area contributed by atoms with Crippen LogP contribution in [0.4, 0.5) is 5.82 Å². The van der Waals surface area contributed by atoms with E-state index in [-0.39, 0.29) is 5.91 Å². The van der Waals surface area contributed by atoms with Gasteiger partial charge in [-0.3, -0.25) is 4.79 Å². The van der Waals surface area contributed by atoms with Crippen molar-refractivity contribution in [3.05, 3.63) is 34.7 Å². The third kappa shape index (κ3) is 3.00. The quantitative estimate of drug-likeness (QED) is 0.853. The van der Waals surface area contributed by atoms with Crippen molar-refractivity contribution in [2.45, 2.75) is 44.7 Å². The monoisotopic (exact) mass is 343 g/mol. The summed E-state index contributed by atoms with van der Waals surface area (Å²) in [6, 6.07) is 3.06. The molecule has 0 atom stereocenters. The van der Waals surface area contributed by atoms with Crippen molar-refractivity contribution in [3.63, 3.8) is 0 Å². The molecule has 0 radical (unpaired) electrons. The minimum Gasteiger partial charge on any atom is -0.350 e. The number of thiazole rings is 1. The summed E-state index contributed by atoms with van der Waals surface area (Å²) in [6.07, 6.45) is 7.89. The van der Waals surface area contributed by atoms with Crippen molar-refractivity contribution in [2.24, 2.45) is 0 Å². The summed E-state index contributed by atoms with van der Waals surface area (Å²) in [5.41, 5.74) is 2.59.